The molecule has 0 aliphatic carbocycles. The number of aromatic nitrogens is 1. The van der Waals surface area contributed by atoms with Crippen LogP contribution < -0.4 is 15.2 Å². The van der Waals surface area contributed by atoms with E-state index in [1.165, 1.54) is 30.5 Å². The number of carbonyl (C=O) groups is 1. The number of pyridine rings is 1. The molecule has 1 heterocycles. The van der Waals surface area contributed by atoms with E-state index in [2.05, 4.69) is 9.71 Å². The van der Waals surface area contributed by atoms with Crippen LogP contribution in [0.25, 0.3) is 0 Å². The fourth-order valence-corrected chi connectivity index (χ4v) is 3.90. The highest BCUT2D eigenvalue weighted by molar-refractivity contribution is 7.92. The Labute approximate surface area is 179 Å². The summed E-state index contributed by atoms with van der Waals surface area (Å²) in [6, 6.07) is 13.6. The van der Waals surface area contributed by atoms with E-state index >= 15 is 0 Å². The Morgan fingerprint density at radius 2 is 1.83 bits per heavy atom. The van der Waals surface area contributed by atoms with Crippen molar-refractivity contribution >= 4 is 38.8 Å². The second-order valence-corrected chi connectivity index (χ2v) is 8.87. The number of sulfonamides is 1. The number of nitrogen functional groups attached to an aromatic ring is 1. The number of nitrogens with zero attached hydrogens (tertiary/aromatic N) is 1. The highest BCUT2D eigenvalue weighted by atomic mass is 35.5. The lowest BCUT2D eigenvalue weighted by atomic mass is 10.1. The first-order valence-electron chi connectivity index (χ1n) is 9.01. The molecule has 156 valence electrons. The van der Waals surface area contributed by atoms with Gasteiger partial charge in [-0.2, -0.15) is 0 Å². The molecule has 0 aliphatic heterocycles. The summed E-state index contributed by atoms with van der Waals surface area (Å²) in [4.78, 5) is 16.9. The number of nitrogens with two attached hydrogens (primary N) is 1. The van der Waals surface area contributed by atoms with Gasteiger partial charge in [-0.25, -0.2) is 13.4 Å². The zero-order valence-corrected chi connectivity index (χ0v) is 17.9. The summed E-state index contributed by atoms with van der Waals surface area (Å²) in [6.07, 6.45) is 1.24. The third-order valence-electron chi connectivity index (χ3n) is 3.97. The normalized spacial score (nSPS) is 11.3. The Morgan fingerprint density at radius 3 is 2.47 bits per heavy atom. The molecule has 0 atom stereocenters. The fourth-order valence-electron chi connectivity index (χ4n) is 2.69. The lowest BCUT2D eigenvalue weighted by Gasteiger charge is -2.13. The lowest BCUT2D eigenvalue weighted by molar-refractivity contribution is 0.103. The number of halogens is 1. The van der Waals surface area contributed by atoms with E-state index in [0.717, 1.165) is 0 Å². The molecule has 7 nitrogen and oxygen atoms in total. The van der Waals surface area contributed by atoms with Crippen molar-refractivity contribution in [3.63, 3.8) is 0 Å². The summed E-state index contributed by atoms with van der Waals surface area (Å²) in [7, 11) is -4.00. The lowest BCUT2D eigenvalue weighted by Crippen LogP contribution is -2.17. The number of hydrogen-bond acceptors (Lipinski definition) is 6. The molecule has 3 aromatic rings. The highest BCUT2D eigenvalue weighted by Gasteiger charge is 2.22. The predicted molar refractivity (Wildman–Crippen MR) is 117 cm³/mol. The van der Waals surface area contributed by atoms with Crippen LogP contribution in [0.5, 0.6) is 5.75 Å². The highest BCUT2D eigenvalue weighted by Crippen LogP contribution is 2.26. The molecule has 0 radical (unpaired) electrons. The van der Waals surface area contributed by atoms with Crippen molar-refractivity contribution in [2.45, 2.75) is 24.8 Å². The molecule has 0 saturated carbocycles. The Bertz CT molecular complexity index is 1180. The van der Waals surface area contributed by atoms with E-state index in [1.807, 2.05) is 13.8 Å². The first kappa shape index (κ1) is 21.6. The van der Waals surface area contributed by atoms with Crippen molar-refractivity contribution in [1.29, 1.82) is 0 Å². The summed E-state index contributed by atoms with van der Waals surface area (Å²) in [5, 5.41) is 0.178. The van der Waals surface area contributed by atoms with Gasteiger partial charge in [0.2, 0.25) is 5.78 Å². The summed E-state index contributed by atoms with van der Waals surface area (Å²) in [5.74, 6) is 0.0586. The molecule has 0 unspecified atom stereocenters. The molecule has 0 fully saturated rings. The molecule has 2 aromatic carbocycles. The van der Waals surface area contributed by atoms with Crippen molar-refractivity contribution in [3.05, 3.63) is 77.1 Å². The first-order valence-corrected chi connectivity index (χ1v) is 10.9. The number of benzene rings is 2. The van der Waals surface area contributed by atoms with Crippen LogP contribution in [-0.2, 0) is 10.0 Å². The van der Waals surface area contributed by atoms with E-state index < -0.39 is 15.8 Å². The van der Waals surface area contributed by atoms with Crippen LogP contribution in [0, 0.1) is 0 Å². The molecular weight excluding hydrogens is 426 g/mol. The maximum atomic E-state index is 12.9. The summed E-state index contributed by atoms with van der Waals surface area (Å²) in [6.45, 7) is 3.74. The quantitative estimate of drug-likeness (QED) is 0.417. The Hall–Kier alpha value is -3.10. The van der Waals surface area contributed by atoms with E-state index in [0.29, 0.717) is 11.4 Å². The van der Waals surface area contributed by atoms with Gasteiger partial charge in [0.25, 0.3) is 10.0 Å². The summed E-state index contributed by atoms with van der Waals surface area (Å²) < 4.78 is 33.6. The molecular formula is C21H20ClN3O4S. The maximum absolute atomic E-state index is 12.9. The minimum absolute atomic E-state index is 0.000867. The van der Waals surface area contributed by atoms with Gasteiger partial charge >= 0.3 is 0 Å². The van der Waals surface area contributed by atoms with E-state index in [-0.39, 0.29) is 33.0 Å². The number of anilines is 2. The third-order valence-corrected chi connectivity index (χ3v) is 5.56. The molecule has 30 heavy (non-hydrogen) atoms. The zero-order chi connectivity index (χ0) is 21.9. The van der Waals surface area contributed by atoms with Gasteiger partial charge in [0, 0.05) is 17.4 Å². The van der Waals surface area contributed by atoms with E-state index in [4.69, 9.17) is 22.1 Å². The standard InChI is InChI=1S/C21H20ClN3O4S/c1-13(2)29-17-6-8-18(9-7-17)30(27,28)25-19-11-15(22)12-24-20(19)21(26)14-4-3-5-16(23)10-14/h3-13,25H,23H2,1-2H3. The van der Waals surface area contributed by atoms with Gasteiger partial charge in [-0.15, -0.1) is 0 Å². The van der Waals surface area contributed by atoms with Crippen LogP contribution in [-0.4, -0.2) is 25.3 Å². The van der Waals surface area contributed by atoms with Crippen molar-refractivity contribution < 1.29 is 17.9 Å². The molecule has 0 amide bonds. The van der Waals surface area contributed by atoms with Gasteiger partial charge < -0.3 is 10.5 Å². The smallest absolute Gasteiger partial charge is 0.261 e. The number of carbonyl (C=O) groups excluding carboxylic acids is 1. The van der Waals surface area contributed by atoms with Gasteiger partial charge in [0.1, 0.15) is 11.4 Å². The van der Waals surface area contributed by atoms with Gasteiger partial charge in [0.15, 0.2) is 0 Å². The van der Waals surface area contributed by atoms with Crippen molar-refractivity contribution in [2.24, 2.45) is 0 Å². The Morgan fingerprint density at radius 1 is 1.13 bits per heavy atom. The van der Waals surface area contributed by atoms with Crippen LogP contribution in [0.1, 0.15) is 29.9 Å². The van der Waals surface area contributed by atoms with Gasteiger partial charge in [0.05, 0.1) is 21.7 Å². The molecule has 0 aliphatic rings. The van der Waals surface area contributed by atoms with Gasteiger partial charge in [-0.05, 0) is 56.3 Å². The molecule has 9 heteroatoms. The zero-order valence-electron chi connectivity index (χ0n) is 16.3. The van der Waals surface area contributed by atoms with Crippen molar-refractivity contribution in [2.75, 3.05) is 10.5 Å². The second-order valence-electron chi connectivity index (χ2n) is 6.75. The molecule has 1 aromatic heterocycles. The van der Waals surface area contributed by atoms with Crippen LogP contribution in [0.15, 0.2) is 65.7 Å². The second kappa shape index (κ2) is 8.73. The molecule has 0 bridgehead atoms. The van der Waals surface area contributed by atoms with Crippen LogP contribution in [0.2, 0.25) is 5.02 Å². The van der Waals surface area contributed by atoms with E-state index in [1.54, 1.807) is 30.3 Å². The largest absolute Gasteiger partial charge is 0.491 e. The van der Waals surface area contributed by atoms with Crippen molar-refractivity contribution in [1.82, 2.24) is 4.98 Å². The van der Waals surface area contributed by atoms with Crippen LogP contribution >= 0.6 is 11.6 Å². The molecule has 0 spiro atoms. The topological polar surface area (TPSA) is 111 Å². The fraction of sp³-hybridized carbons (Fsp3) is 0.143. The molecule has 0 saturated heterocycles. The molecule has 3 rings (SSSR count). The number of hydrogen-bond donors (Lipinski definition) is 2. The average Bonchev–Trinajstić information content (AvgIpc) is 2.67. The number of ether oxygens (including phenoxy) is 1. The molecule has 3 N–H and O–H groups in total. The SMILES string of the molecule is CC(C)Oc1ccc(S(=O)(=O)Nc2cc(Cl)cnc2C(=O)c2cccc(N)c2)cc1. The number of rotatable bonds is 7. The summed E-state index contributed by atoms with van der Waals surface area (Å²) >= 11 is 5.99. The minimum Gasteiger partial charge on any atom is -0.491 e. The van der Waals surface area contributed by atoms with Gasteiger partial charge in [-0.1, -0.05) is 23.7 Å². The maximum Gasteiger partial charge on any atom is 0.261 e. The van der Waals surface area contributed by atoms with E-state index in [9.17, 15) is 13.2 Å². The van der Waals surface area contributed by atoms with Gasteiger partial charge in [-0.3, -0.25) is 9.52 Å². The first-order chi connectivity index (χ1) is 14.2. The Kier molecular flexibility index (Phi) is 6.28. The minimum atomic E-state index is -4.00. The Balaban J connectivity index is 1.94. The number of nitrogens with one attached hydrogen (secondary N) is 1. The van der Waals surface area contributed by atoms with Crippen LogP contribution in [0.4, 0.5) is 11.4 Å². The van der Waals surface area contributed by atoms with Crippen LogP contribution in [0.3, 0.4) is 0 Å². The predicted octanol–water partition coefficient (Wildman–Crippen LogP) is 4.14. The summed E-state index contributed by atoms with van der Waals surface area (Å²) in [5.41, 5.74) is 6.30. The number of ketones is 1. The third kappa shape index (κ3) is 5.08. The monoisotopic (exact) mass is 445 g/mol. The average molecular weight is 446 g/mol. The van der Waals surface area contributed by atoms with Crippen molar-refractivity contribution in [3.8, 4) is 5.75 Å².